The van der Waals surface area contributed by atoms with Gasteiger partial charge in [-0.3, -0.25) is 14.4 Å². The van der Waals surface area contributed by atoms with Crippen LogP contribution >= 0.6 is 11.3 Å². The smallest absolute Gasteiger partial charge is 0.317 e. The van der Waals surface area contributed by atoms with E-state index in [1.807, 2.05) is 41.8 Å². The molecule has 0 unspecified atom stereocenters. The molecule has 3 heterocycles. The molecule has 0 radical (unpaired) electrons. The van der Waals surface area contributed by atoms with Gasteiger partial charge in [0.1, 0.15) is 5.41 Å². The van der Waals surface area contributed by atoms with Gasteiger partial charge in [0.2, 0.25) is 18.6 Å². The van der Waals surface area contributed by atoms with Crippen molar-refractivity contribution >= 4 is 29.1 Å². The number of fused-ring (bicyclic) bond motifs is 2. The fourth-order valence-corrected chi connectivity index (χ4v) is 6.12. The normalized spacial score (nSPS) is 22.9. The monoisotopic (exact) mass is 510 g/mol. The second-order valence-electron chi connectivity index (χ2n) is 9.48. The van der Waals surface area contributed by atoms with E-state index in [1.165, 1.54) is 7.11 Å². The minimum Gasteiger partial charge on any atom is -0.468 e. The minimum absolute atomic E-state index is 0.0217. The molecule has 0 bridgehead atoms. The maximum Gasteiger partial charge on any atom is 0.317 e. The van der Waals surface area contributed by atoms with Crippen LogP contribution in [0.15, 0.2) is 47.5 Å². The summed E-state index contributed by atoms with van der Waals surface area (Å²) >= 11 is 1.57. The number of thiophene rings is 1. The zero-order chi connectivity index (χ0) is 25.1. The molecule has 5 rings (SSSR count). The van der Waals surface area contributed by atoms with Crippen molar-refractivity contribution in [2.75, 3.05) is 13.9 Å². The zero-order valence-corrected chi connectivity index (χ0v) is 21.1. The van der Waals surface area contributed by atoms with Crippen LogP contribution in [0.25, 0.3) is 0 Å². The van der Waals surface area contributed by atoms with Gasteiger partial charge in [0, 0.05) is 22.9 Å². The Hall–Kier alpha value is -3.33. The molecule has 0 spiro atoms. The van der Waals surface area contributed by atoms with E-state index in [4.69, 9.17) is 14.2 Å². The first-order valence-electron chi connectivity index (χ1n) is 12.3. The van der Waals surface area contributed by atoms with Gasteiger partial charge in [0.25, 0.3) is 0 Å². The first-order valence-corrected chi connectivity index (χ1v) is 13.2. The number of esters is 1. The summed E-state index contributed by atoms with van der Waals surface area (Å²) in [7, 11) is 1.39. The fraction of sp³-hybridized carbons (Fsp3) is 0.444. The van der Waals surface area contributed by atoms with E-state index in [9.17, 15) is 14.4 Å². The summed E-state index contributed by atoms with van der Waals surface area (Å²) in [6.07, 6.45) is 5.46. The number of ether oxygens (including phenoxy) is 3. The highest BCUT2D eigenvalue weighted by Gasteiger charge is 2.53. The standard InChI is InChI=1S/C27H30N2O6S/c1-33-26(32)27-10-4-2-3-7-23(27)29(16-18-8-9-21-22(12-18)35-17-34-21)25(31)19(14-27)13-24(30)28-15-20-6-5-11-36-20/h5-9,11-12,19H,2-4,10,13-17H2,1H3,(H,28,30)/t19-,27+/m1/s1. The number of amides is 2. The topological polar surface area (TPSA) is 94.2 Å². The molecule has 1 aliphatic carbocycles. The van der Waals surface area contributed by atoms with Crippen molar-refractivity contribution in [2.24, 2.45) is 11.3 Å². The van der Waals surface area contributed by atoms with Gasteiger partial charge in [-0.1, -0.05) is 24.6 Å². The summed E-state index contributed by atoms with van der Waals surface area (Å²) in [5, 5.41) is 4.88. The van der Waals surface area contributed by atoms with Crippen LogP contribution in [0.3, 0.4) is 0 Å². The maximum absolute atomic E-state index is 13.9. The molecule has 0 saturated carbocycles. The molecular formula is C27H30N2O6S. The Balaban J connectivity index is 1.44. The molecule has 2 atom stereocenters. The number of hydrogen-bond acceptors (Lipinski definition) is 7. The Kier molecular flexibility index (Phi) is 7.00. The van der Waals surface area contributed by atoms with Gasteiger partial charge < -0.3 is 24.4 Å². The average Bonchev–Trinajstić information content (AvgIpc) is 3.53. The van der Waals surface area contributed by atoms with Crippen LogP contribution < -0.4 is 14.8 Å². The number of benzene rings is 1. The lowest BCUT2D eigenvalue weighted by molar-refractivity contribution is -0.160. The van der Waals surface area contributed by atoms with Gasteiger partial charge in [0.05, 0.1) is 20.2 Å². The van der Waals surface area contributed by atoms with E-state index in [0.29, 0.717) is 30.2 Å². The number of allylic oxidation sites excluding steroid dienone is 1. The fourth-order valence-electron chi connectivity index (χ4n) is 5.48. The maximum atomic E-state index is 13.9. The van der Waals surface area contributed by atoms with E-state index >= 15 is 0 Å². The summed E-state index contributed by atoms with van der Waals surface area (Å²) in [4.78, 5) is 42.8. The number of nitrogens with zero attached hydrogens (tertiary/aromatic N) is 1. The van der Waals surface area contributed by atoms with Crippen LogP contribution in [0, 0.1) is 11.3 Å². The lowest BCUT2D eigenvalue weighted by atomic mass is 9.69. The number of carbonyl (C=O) groups excluding carboxylic acids is 3. The molecule has 190 valence electrons. The highest BCUT2D eigenvalue weighted by atomic mass is 32.1. The summed E-state index contributed by atoms with van der Waals surface area (Å²) in [6.45, 7) is 0.861. The van der Waals surface area contributed by atoms with E-state index in [-0.39, 0.29) is 44.0 Å². The highest BCUT2D eigenvalue weighted by molar-refractivity contribution is 7.09. The quantitative estimate of drug-likeness (QED) is 0.563. The van der Waals surface area contributed by atoms with Crippen LogP contribution in [0.4, 0.5) is 0 Å². The number of methoxy groups -OCH3 is 1. The summed E-state index contributed by atoms with van der Waals surface area (Å²) in [5.74, 6) is -0.0193. The Morgan fingerprint density at radius 1 is 1.22 bits per heavy atom. The SMILES string of the molecule is COC(=O)[C@]12CCCCC=C1N(Cc1ccc3c(c1)OCO3)C(=O)[C@H](CC(=O)NCc1cccs1)C2. The largest absolute Gasteiger partial charge is 0.468 e. The molecule has 1 saturated heterocycles. The van der Waals surface area contributed by atoms with Crippen molar-refractivity contribution in [3.05, 3.63) is 57.9 Å². The lowest BCUT2D eigenvalue weighted by Gasteiger charge is -2.46. The summed E-state index contributed by atoms with van der Waals surface area (Å²) in [5.41, 5.74) is 0.609. The third-order valence-corrected chi connectivity index (χ3v) is 8.09. The predicted octanol–water partition coefficient (Wildman–Crippen LogP) is 4.15. The van der Waals surface area contributed by atoms with Crippen LogP contribution in [-0.4, -0.2) is 36.6 Å². The van der Waals surface area contributed by atoms with E-state index in [2.05, 4.69) is 5.32 Å². The molecule has 2 aliphatic heterocycles. The second kappa shape index (κ2) is 10.3. The highest BCUT2D eigenvalue weighted by Crippen LogP contribution is 2.50. The van der Waals surface area contributed by atoms with Crippen molar-refractivity contribution in [2.45, 2.75) is 51.6 Å². The van der Waals surface area contributed by atoms with E-state index < -0.39 is 11.3 Å². The molecule has 36 heavy (non-hydrogen) atoms. The van der Waals surface area contributed by atoms with Gasteiger partial charge >= 0.3 is 5.97 Å². The van der Waals surface area contributed by atoms with Crippen molar-refractivity contribution in [1.29, 1.82) is 0 Å². The molecule has 3 aliphatic rings. The number of likely N-dealkylation sites (tertiary alicyclic amines) is 1. The van der Waals surface area contributed by atoms with Crippen LogP contribution in [0.1, 0.15) is 49.0 Å². The van der Waals surface area contributed by atoms with Gasteiger partial charge in [-0.2, -0.15) is 0 Å². The molecular weight excluding hydrogens is 480 g/mol. The van der Waals surface area contributed by atoms with Crippen molar-refractivity contribution in [3.63, 3.8) is 0 Å². The van der Waals surface area contributed by atoms with Crippen molar-refractivity contribution < 1.29 is 28.6 Å². The molecule has 9 heteroatoms. The third-order valence-electron chi connectivity index (χ3n) is 7.21. The first kappa shape index (κ1) is 24.4. The van der Waals surface area contributed by atoms with Crippen LogP contribution in [0.5, 0.6) is 11.5 Å². The van der Waals surface area contributed by atoms with Gasteiger partial charge in [-0.25, -0.2) is 0 Å². The Morgan fingerprint density at radius 2 is 2.08 bits per heavy atom. The summed E-state index contributed by atoms with van der Waals surface area (Å²) in [6, 6.07) is 9.49. The van der Waals surface area contributed by atoms with Gasteiger partial charge in [-0.05, 0) is 54.8 Å². The van der Waals surface area contributed by atoms with Gasteiger partial charge in [-0.15, -0.1) is 11.3 Å². The molecule has 1 fully saturated rings. The number of hydrogen-bond donors (Lipinski definition) is 1. The number of carbonyl (C=O) groups is 3. The average molecular weight is 511 g/mol. The molecule has 1 aromatic heterocycles. The molecule has 2 amide bonds. The predicted molar refractivity (Wildman–Crippen MR) is 133 cm³/mol. The van der Waals surface area contributed by atoms with E-state index in [0.717, 1.165) is 29.7 Å². The molecule has 2 aromatic rings. The second-order valence-corrected chi connectivity index (χ2v) is 10.5. The molecule has 1 N–H and O–H groups in total. The molecule has 8 nitrogen and oxygen atoms in total. The summed E-state index contributed by atoms with van der Waals surface area (Å²) < 4.78 is 16.2. The Morgan fingerprint density at radius 3 is 2.89 bits per heavy atom. The lowest BCUT2D eigenvalue weighted by Crippen LogP contribution is -2.53. The van der Waals surface area contributed by atoms with E-state index in [1.54, 1.807) is 16.2 Å². The zero-order valence-electron chi connectivity index (χ0n) is 20.3. The van der Waals surface area contributed by atoms with Crippen LogP contribution in [-0.2, 0) is 32.2 Å². The van der Waals surface area contributed by atoms with Crippen molar-refractivity contribution in [3.8, 4) is 11.5 Å². The Bertz CT molecular complexity index is 1180. The third kappa shape index (κ3) is 4.72. The van der Waals surface area contributed by atoms with Crippen molar-refractivity contribution in [1.82, 2.24) is 10.2 Å². The van der Waals surface area contributed by atoms with Crippen LogP contribution in [0.2, 0.25) is 0 Å². The number of nitrogens with one attached hydrogen (secondary N) is 1. The first-order chi connectivity index (χ1) is 17.5. The Labute approximate surface area is 214 Å². The number of rotatable bonds is 7. The molecule has 1 aromatic carbocycles. The minimum atomic E-state index is -0.950. The van der Waals surface area contributed by atoms with Gasteiger partial charge in [0.15, 0.2) is 11.5 Å². The number of piperidine rings is 1.